The number of hydrogen-bond donors (Lipinski definition) is 0. The number of ether oxygens (including phenoxy) is 1. The van der Waals surface area contributed by atoms with E-state index in [4.69, 9.17) is 4.74 Å². The molecule has 0 saturated heterocycles. The fraction of sp³-hybridized carbons (Fsp3) is 0.167. The topological polar surface area (TPSA) is 9.23 Å². The van der Waals surface area contributed by atoms with E-state index in [2.05, 4.69) is 49.1 Å². The van der Waals surface area contributed by atoms with Crippen molar-refractivity contribution in [3.05, 3.63) is 108 Å². The van der Waals surface area contributed by atoms with E-state index in [1.54, 1.807) is 0 Å². The summed E-state index contributed by atoms with van der Waals surface area (Å²) < 4.78 is 5.80. The van der Waals surface area contributed by atoms with Crippen LogP contribution in [-0.4, -0.2) is 6.61 Å². The van der Waals surface area contributed by atoms with Crippen molar-refractivity contribution in [1.29, 1.82) is 0 Å². The average molecular weight is 415 g/mol. The Morgan fingerprint density at radius 1 is 1.00 bits per heavy atom. The minimum Gasteiger partial charge on any atom is -0.493 e. The zero-order valence-corrected chi connectivity index (χ0v) is 17.8. The van der Waals surface area contributed by atoms with Crippen LogP contribution in [0.3, 0.4) is 0 Å². The molecule has 2 aliphatic carbocycles. The van der Waals surface area contributed by atoms with E-state index >= 15 is 0 Å². The van der Waals surface area contributed by atoms with Gasteiger partial charge in [-0.25, -0.2) is 12.2 Å². The summed E-state index contributed by atoms with van der Waals surface area (Å²) in [5, 5.41) is 0. The molecule has 0 aliphatic heterocycles. The molecule has 0 amide bonds. The molecule has 0 spiro atoms. The third kappa shape index (κ3) is 6.55. The van der Waals surface area contributed by atoms with Crippen LogP contribution < -0.4 is 4.74 Å². The smallest absolute Gasteiger partial charge is 0.119 e. The Bertz CT molecular complexity index is 786. The van der Waals surface area contributed by atoms with Gasteiger partial charge >= 0.3 is 0 Å². The molecule has 0 atom stereocenters. The van der Waals surface area contributed by atoms with Gasteiger partial charge in [-0.15, -0.1) is 12.2 Å². The van der Waals surface area contributed by atoms with Gasteiger partial charge in [0.15, 0.2) is 0 Å². The summed E-state index contributed by atoms with van der Waals surface area (Å²) in [5.74, 6) is 0.903. The van der Waals surface area contributed by atoms with Gasteiger partial charge in [0.05, 0.1) is 6.61 Å². The average Bonchev–Trinajstić information content (AvgIpc) is 3.31. The Morgan fingerprint density at radius 2 is 1.77 bits per heavy atom. The molecule has 0 unspecified atom stereocenters. The molecule has 0 bridgehead atoms. The van der Waals surface area contributed by atoms with Gasteiger partial charge in [0.25, 0.3) is 0 Å². The summed E-state index contributed by atoms with van der Waals surface area (Å²) in [7, 11) is 0. The first kappa shape index (κ1) is 20.6. The summed E-state index contributed by atoms with van der Waals surface area (Å²) in [4.78, 5) is 0. The van der Waals surface area contributed by atoms with Crippen molar-refractivity contribution in [2.75, 3.05) is 6.61 Å². The van der Waals surface area contributed by atoms with Crippen LogP contribution in [0.5, 0.6) is 5.75 Å². The van der Waals surface area contributed by atoms with Crippen molar-refractivity contribution in [2.45, 2.75) is 19.3 Å². The van der Waals surface area contributed by atoms with Crippen molar-refractivity contribution in [2.24, 2.45) is 0 Å². The van der Waals surface area contributed by atoms with Crippen LogP contribution in [-0.2, 0) is 32.7 Å². The normalized spacial score (nSPS) is 15.8. The molecule has 2 aliphatic rings. The Morgan fingerprint density at radius 3 is 2.46 bits per heavy atom. The maximum absolute atomic E-state index is 5.80. The van der Waals surface area contributed by atoms with Crippen molar-refractivity contribution in [1.82, 2.24) is 0 Å². The molecule has 3 rings (SSSR count). The van der Waals surface area contributed by atoms with Gasteiger partial charge in [-0.3, -0.25) is 12.2 Å². The van der Waals surface area contributed by atoms with E-state index in [1.165, 1.54) is 16.7 Å². The number of rotatable bonds is 8. The van der Waals surface area contributed by atoms with Crippen LogP contribution in [0.1, 0.15) is 24.8 Å². The van der Waals surface area contributed by atoms with Gasteiger partial charge in [-0.05, 0) is 30.5 Å². The fourth-order valence-corrected chi connectivity index (χ4v) is 2.70. The molecule has 0 aromatic heterocycles. The third-order valence-corrected chi connectivity index (χ3v) is 4.14. The Kier molecular flexibility index (Phi) is 8.81. The Labute approximate surface area is 182 Å². The monoisotopic (exact) mass is 415 g/mol. The first-order valence-electron chi connectivity index (χ1n) is 8.61. The zero-order chi connectivity index (χ0) is 17.3. The number of allylic oxidation sites excluding steroid dienone is 11. The van der Waals surface area contributed by atoms with Gasteiger partial charge < -0.3 is 4.74 Å². The minimum atomic E-state index is 0. The van der Waals surface area contributed by atoms with Gasteiger partial charge in [0.2, 0.25) is 0 Å². The van der Waals surface area contributed by atoms with E-state index < -0.39 is 0 Å². The molecule has 1 aromatic rings. The fourth-order valence-electron chi connectivity index (χ4n) is 2.70. The van der Waals surface area contributed by atoms with Crippen molar-refractivity contribution in [3.63, 3.8) is 0 Å². The quantitative estimate of drug-likeness (QED) is 0.376. The number of hydrogen-bond acceptors (Lipinski definition) is 1. The maximum Gasteiger partial charge on any atom is 0.119 e. The first-order valence-corrected chi connectivity index (χ1v) is 8.61. The second-order valence-electron chi connectivity index (χ2n) is 6.01. The van der Waals surface area contributed by atoms with Gasteiger partial charge in [-0.1, -0.05) is 36.4 Å². The summed E-state index contributed by atoms with van der Waals surface area (Å²) in [6, 6.07) is 7.99. The summed E-state index contributed by atoms with van der Waals surface area (Å²) in [6.07, 6.45) is 25.8. The predicted octanol–water partition coefficient (Wildman–Crippen LogP) is 5.96. The molecular weight excluding hydrogens is 393 g/mol. The van der Waals surface area contributed by atoms with Crippen LogP contribution in [0.15, 0.2) is 90.1 Å². The van der Waals surface area contributed by atoms with E-state index in [0.29, 0.717) is 6.61 Å². The predicted molar refractivity (Wildman–Crippen MR) is 105 cm³/mol. The maximum atomic E-state index is 5.80. The van der Waals surface area contributed by atoms with Gasteiger partial charge in [-0.2, -0.15) is 23.3 Å². The Balaban J connectivity index is 0.00000243. The van der Waals surface area contributed by atoms with Gasteiger partial charge in [0, 0.05) is 39.1 Å². The van der Waals surface area contributed by atoms with E-state index in [-0.39, 0.29) is 32.7 Å². The van der Waals surface area contributed by atoms with E-state index in [0.717, 1.165) is 30.6 Å². The van der Waals surface area contributed by atoms with Crippen molar-refractivity contribution < 1.29 is 37.4 Å². The van der Waals surface area contributed by atoms with Crippen LogP contribution in [0, 0.1) is 12.2 Å². The Hall–Kier alpha value is -1.70. The summed E-state index contributed by atoms with van der Waals surface area (Å²) >= 11 is 0. The summed E-state index contributed by atoms with van der Waals surface area (Å²) in [5.41, 5.74) is 4.92. The van der Waals surface area contributed by atoms with Crippen molar-refractivity contribution >= 4 is 6.08 Å². The third-order valence-electron chi connectivity index (χ3n) is 4.14. The van der Waals surface area contributed by atoms with Crippen LogP contribution >= 0.6 is 0 Å². The molecule has 1 nitrogen and oxygen atoms in total. The molecule has 2 heteroatoms. The molecule has 26 heavy (non-hydrogen) atoms. The van der Waals surface area contributed by atoms with Gasteiger partial charge in [0.1, 0.15) is 5.75 Å². The molecule has 0 N–H and O–H groups in total. The second-order valence-corrected chi connectivity index (χ2v) is 6.01. The van der Waals surface area contributed by atoms with E-state index in [9.17, 15) is 0 Å². The molecule has 1 radical (unpaired) electrons. The first-order chi connectivity index (χ1) is 12.3. The minimum absolute atomic E-state index is 0. The van der Waals surface area contributed by atoms with Crippen LogP contribution in [0.4, 0.5) is 0 Å². The SMILES string of the molecule is C=Cc1ccc(OCCC2=CC=C([C-]=CC=[C-]C3=CC=CC3)C2)cc1.[Y]. The largest absolute Gasteiger partial charge is 0.493 e. The molecule has 0 heterocycles. The molecule has 0 saturated carbocycles. The molecular formula is C24H22OY-2. The van der Waals surface area contributed by atoms with Crippen LogP contribution in [0.25, 0.3) is 6.08 Å². The second kappa shape index (κ2) is 11.1. The molecule has 0 fully saturated rings. The van der Waals surface area contributed by atoms with Crippen LogP contribution in [0.2, 0.25) is 0 Å². The zero-order valence-electron chi connectivity index (χ0n) is 14.9. The molecule has 1 aromatic carbocycles. The number of benzene rings is 1. The summed E-state index contributed by atoms with van der Waals surface area (Å²) in [6.45, 7) is 4.45. The molecule has 129 valence electrons. The van der Waals surface area contributed by atoms with Crippen molar-refractivity contribution in [3.8, 4) is 5.75 Å². The van der Waals surface area contributed by atoms with E-state index in [1.807, 2.05) is 42.5 Å². The standard InChI is InChI=1S/C24H22O.Y/c1-2-20-13-15-24(16-14-20)25-18-17-23-12-11-22(19-23)10-6-5-9-21-7-3-4-8-21;/h2-7,11-16H,1,8,17-19H2;/q-2;.